The molecule has 102 valence electrons. The summed E-state index contributed by atoms with van der Waals surface area (Å²) in [7, 11) is 1.31. The predicted octanol–water partition coefficient (Wildman–Crippen LogP) is 1.58. The van der Waals surface area contributed by atoms with Crippen molar-refractivity contribution in [3.8, 4) is 18.0 Å². The standard InChI is InChI=1S/C15H10N4O2/c1-3-10-5-4-6-11(9-10)19-14-12(7-8-16-17-14)13(18-19)15(20)21-2/h1,4-9H,2H3. The third-order valence-corrected chi connectivity index (χ3v) is 2.99. The summed E-state index contributed by atoms with van der Waals surface area (Å²) in [5, 5.41) is 12.7. The molecule has 1 aromatic carbocycles. The van der Waals surface area contributed by atoms with Gasteiger partial charge in [0.05, 0.1) is 24.4 Å². The van der Waals surface area contributed by atoms with E-state index >= 15 is 0 Å². The summed E-state index contributed by atoms with van der Waals surface area (Å²) in [6.07, 6.45) is 6.90. The van der Waals surface area contributed by atoms with Gasteiger partial charge in [-0.05, 0) is 24.3 Å². The molecule has 2 aromatic heterocycles. The van der Waals surface area contributed by atoms with Crippen LogP contribution in [0.2, 0.25) is 0 Å². The van der Waals surface area contributed by atoms with E-state index in [1.807, 2.05) is 18.2 Å². The van der Waals surface area contributed by atoms with Crippen LogP contribution in [-0.4, -0.2) is 33.1 Å². The van der Waals surface area contributed by atoms with Gasteiger partial charge in [0, 0.05) is 5.56 Å². The van der Waals surface area contributed by atoms with E-state index in [0.717, 1.165) is 0 Å². The Labute approximate surface area is 120 Å². The van der Waals surface area contributed by atoms with Crippen molar-refractivity contribution in [3.05, 3.63) is 47.8 Å². The van der Waals surface area contributed by atoms with Crippen LogP contribution in [0.3, 0.4) is 0 Å². The molecule has 0 bridgehead atoms. The van der Waals surface area contributed by atoms with Crippen molar-refractivity contribution in [2.24, 2.45) is 0 Å². The molecule has 3 rings (SSSR count). The summed E-state index contributed by atoms with van der Waals surface area (Å²) in [6.45, 7) is 0. The molecular formula is C15H10N4O2. The number of hydrogen-bond acceptors (Lipinski definition) is 5. The van der Waals surface area contributed by atoms with Gasteiger partial charge in [0.1, 0.15) is 0 Å². The topological polar surface area (TPSA) is 69.9 Å². The predicted molar refractivity (Wildman–Crippen MR) is 75.9 cm³/mol. The number of benzene rings is 1. The van der Waals surface area contributed by atoms with Gasteiger partial charge >= 0.3 is 5.97 Å². The molecule has 0 radical (unpaired) electrons. The second kappa shape index (κ2) is 5.06. The fraction of sp³-hybridized carbons (Fsp3) is 0.0667. The lowest BCUT2D eigenvalue weighted by molar-refractivity contribution is 0.0595. The van der Waals surface area contributed by atoms with E-state index in [0.29, 0.717) is 22.3 Å². The van der Waals surface area contributed by atoms with Gasteiger partial charge in [-0.2, -0.15) is 10.2 Å². The van der Waals surface area contributed by atoms with E-state index < -0.39 is 5.97 Å². The minimum atomic E-state index is -0.528. The minimum absolute atomic E-state index is 0.188. The van der Waals surface area contributed by atoms with Crippen molar-refractivity contribution in [1.82, 2.24) is 20.0 Å². The van der Waals surface area contributed by atoms with Crippen LogP contribution in [0, 0.1) is 12.3 Å². The number of ether oxygens (including phenoxy) is 1. The van der Waals surface area contributed by atoms with Gasteiger partial charge < -0.3 is 4.74 Å². The first kappa shape index (κ1) is 12.8. The maximum atomic E-state index is 11.8. The first-order chi connectivity index (χ1) is 10.2. The third-order valence-electron chi connectivity index (χ3n) is 2.99. The van der Waals surface area contributed by atoms with E-state index in [-0.39, 0.29) is 5.69 Å². The van der Waals surface area contributed by atoms with Crippen molar-refractivity contribution in [2.45, 2.75) is 0 Å². The van der Waals surface area contributed by atoms with E-state index in [1.165, 1.54) is 18.0 Å². The number of methoxy groups -OCH3 is 1. The minimum Gasteiger partial charge on any atom is -0.464 e. The Balaban J connectivity index is 2.28. The number of carbonyl (C=O) groups is 1. The Bertz CT molecular complexity index is 877. The van der Waals surface area contributed by atoms with E-state index in [9.17, 15) is 4.79 Å². The van der Waals surface area contributed by atoms with Gasteiger partial charge in [0.15, 0.2) is 11.3 Å². The summed E-state index contributed by atoms with van der Waals surface area (Å²) in [6, 6.07) is 8.89. The first-order valence-electron chi connectivity index (χ1n) is 6.10. The van der Waals surface area contributed by atoms with Gasteiger partial charge in [-0.1, -0.05) is 12.0 Å². The maximum absolute atomic E-state index is 11.8. The molecule has 0 N–H and O–H groups in total. The SMILES string of the molecule is C#Cc1cccc(-n2nc(C(=O)OC)c3ccnnc32)c1. The molecular weight excluding hydrogens is 268 g/mol. The average molecular weight is 278 g/mol. The first-order valence-corrected chi connectivity index (χ1v) is 6.10. The zero-order valence-electron chi connectivity index (χ0n) is 11.1. The van der Waals surface area contributed by atoms with Crippen molar-refractivity contribution in [1.29, 1.82) is 0 Å². The smallest absolute Gasteiger partial charge is 0.359 e. The lowest BCUT2D eigenvalue weighted by atomic mass is 10.2. The fourth-order valence-corrected chi connectivity index (χ4v) is 2.02. The van der Waals surface area contributed by atoms with Gasteiger partial charge in [0.25, 0.3) is 0 Å². The highest BCUT2D eigenvalue weighted by molar-refractivity contribution is 6.01. The molecule has 0 aliphatic heterocycles. The second-order valence-electron chi connectivity index (χ2n) is 4.22. The second-order valence-corrected chi connectivity index (χ2v) is 4.22. The number of esters is 1. The lowest BCUT2D eigenvalue weighted by Gasteiger charge is -2.02. The van der Waals surface area contributed by atoms with Crippen LogP contribution in [0.5, 0.6) is 0 Å². The molecule has 0 atom stereocenters. The van der Waals surface area contributed by atoms with Crippen LogP contribution in [0.15, 0.2) is 36.5 Å². The molecule has 0 aliphatic rings. The zero-order chi connectivity index (χ0) is 14.8. The van der Waals surface area contributed by atoms with Gasteiger partial charge in [-0.15, -0.1) is 11.5 Å². The van der Waals surface area contributed by atoms with Gasteiger partial charge in [0.2, 0.25) is 0 Å². The van der Waals surface area contributed by atoms with Crippen LogP contribution in [-0.2, 0) is 4.74 Å². The summed E-state index contributed by atoms with van der Waals surface area (Å²) < 4.78 is 6.27. The van der Waals surface area contributed by atoms with Crippen LogP contribution < -0.4 is 0 Å². The highest BCUT2D eigenvalue weighted by Crippen LogP contribution is 2.20. The Morgan fingerprint density at radius 3 is 3.00 bits per heavy atom. The van der Waals surface area contributed by atoms with Crippen molar-refractivity contribution in [3.63, 3.8) is 0 Å². The number of aromatic nitrogens is 4. The molecule has 0 fully saturated rings. The quantitative estimate of drug-likeness (QED) is 0.526. The fourth-order valence-electron chi connectivity index (χ4n) is 2.02. The monoisotopic (exact) mass is 278 g/mol. The highest BCUT2D eigenvalue weighted by atomic mass is 16.5. The highest BCUT2D eigenvalue weighted by Gasteiger charge is 2.19. The Kier molecular flexibility index (Phi) is 3.09. The summed E-state index contributed by atoms with van der Waals surface area (Å²) in [5.74, 6) is 2.03. The van der Waals surface area contributed by atoms with Crippen LogP contribution >= 0.6 is 0 Å². The van der Waals surface area contributed by atoms with Crippen LogP contribution in [0.25, 0.3) is 16.7 Å². The molecule has 0 unspecified atom stereocenters. The van der Waals surface area contributed by atoms with E-state index in [1.54, 1.807) is 12.1 Å². The summed E-state index contributed by atoms with van der Waals surface area (Å²) in [5.41, 5.74) is 2.06. The van der Waals surface area contributed by atoms with E-state index in [2.05, 4.69) is 21.2 Å². The number of carbonyl (C=O) groups excluding carboxylic acids is 1. The van der Waals surface area contributed by atoms with E-state index in [4.69, 9.17) is 11.2 Å². The van der Waals surface area contributed by atoms with Crippen molar-refractivity contribution in [2.75, 3.05) is 7.11 Å². The maximum Gasteiger partial charge on any atom is 0.359 e. The number of hydrogen-bond donors (Lipinski definition) is 0. The molecule has 3 aromatic rings. The zero-order valence-corrected chi connectivity index (χ0v) is 11.1. The van der Waals surface area contributed by atoms with Crippen molar-refractivity contribution < 1.29 is 9.53 Å². The number of fused-ring (bicyclic) bond motifs is 1. The Morgan fingerprint density at radius 1 is 1.38 bits per heavy atom. The molecule has 0 saturated carbocycles. The molecule has 0 aliphatic carbocycles. The Morgan fingerprint density at radius 2 is 2.24 bits per heavy atom. The largest absolute Gasteiger partial charge is 0.464 e. The third kappa shape index (κ3) is 2.11. The molecule has 0 saturated heterocycles. The number of terminal acetylenes is 1. The number of rotatable bonds is 2. The molecule has 0 spiro atoms. The summed E-state index contributed by atoms with van der Waals surface area (Å²) in [4.78, 5) is 11.8. The number of nitrogens with zero attached hydrogens (tertiary/aromatic N) is 4. The summed E-state index contributed by atoms with van der Waals surface area (Å²) >= 11 is 0. The van der Waals surface area contributed by atoms with Crippen molar-refractivity contribution >= 4 is 17.0 Å². The molecule has 21 heavy (non-hydrogen) atoms. The Hall–Kier alpha value is -3.20. The average Bonchev–Trinajstić information content (AvgIpc) is 2.94. The lowest BCUT2D eigenvalue weighted by Crippen LogP contribution is -2.04. The molecule has 6 heteroatoms. The molecule has 6 nitrogen and oxygen atoms in total. The van der Waals surface area contributed by atoms with Gasteiger partial charge in [-0.25, -0.2) is 9.48 Å². The molecule has 2 heterocycles. The van der Waals surface area contributed by atoms with Gasteiger partial charge in [-0.3, -0.25) is 0 Å². The molecule has 0 amide bonds. The van der Waals surface area contributed by atoms with Crippen LogP contribution in [0.1, 0.15) is 16.1 Å². The normalized spacial score (nSPS) is 10.3. The van der Waals surface area contributed by atoms with Crippen LogP contribution in [0.4, 0.5) is 0 Å².